The number of carboxylic acid groups (broad SMARTS) is 1. The van der Waals surface area contributed by atoms with E-state index in [9.17, 15) is 19.4 Å². The second-order valence-corrected chi connectivity index (χ2v) is 6.35. The molecule has 0 saturated heterocycles. The number of carboxylic acids is 1. The summed E-state index contributed by atoms with van der Waals surface area (Å²) < 4.78 is 24.7. The van der Waals surface area contributed by atoms with Gasteiger partial charge in [0, 0.05) is 16.5 Å². The summed E-state index contributed by atoms with van der Waals surface area (Å²) in [5.41, 5.74) is 1.23. The number of hydrogen-bond acceptors (Lipinski definition) is 4. The van der Waals surface area contributed by atoms with Gasteiger partial charge in [-0.2, -0.15) is 0 Å². The molecule has 136 valence electrons. The first kappa shape index (κ1) is 17.9. The third kappa shape index (κ3) is 3.28. The number of fused-ring (bicyclic) bond motifs is 1. The summed E-state index contributed by atoms with van der Waals surface area (Å²) in [7, 11) is 0. The highest BCUT2D eigenvalue weighted by molar-refractivity contribution is 6.08. The van der Waals surface area contributed by atoms with E-state index in [1.54, 1.807) is 19.1 Å². The summed E-state index contributed by atoms with van der Waals surface area (Å²) in [6.07, 6.45) is -0.970. The van der Waals surface area contributed by atoms with Crippen molar-refractivity contribution in [1.29, 1.82) is 0 Å². The molecule has 1 atom stereocenters. The SMILES string of the molecule is CC(C)Oc1cc2c(C(=O)O)c(-c3ccc(F)cc3)oc2cc1C(C)O. The first-order chi connectivity index (χ1) is 12.3. The fraction of sp³-hybridized carbons (Fsp3) is 0.250. The lowest BCUT2D eigenvalue weighted by molar-refractivity contribution is 0.0699. The molecular weight excluding hydrogens is 339 g/mol. The zero-order valence-corrected chi connectivity index (χ0v) is 14.6. The number of benzene rings is 2. The minimum Gasteiger partial charge on any atom is -0.491 e. The van der Waals surface area contributed by atoms with Crippen LogP contribution in [-0.4, -0.2) is 22.3 Å². The lowest BCUT2D eigenvalue weighted by Gasteiger charge is -2.16. The zero-order chi connectivity index (χ0) is 19.0. The van der Waals surface area contributed by atoms with Crippen LogP contribution in [0.3, 0.4) is 0 Å². The molecule has 0 fully saturated rings. The molecule has 0 spiro atoms. The van der Waals surface area contributed by atoms with Crippen LogP contribution >= 0.6 is 0 Å². The van der Waals surface area contributed by atoms with Gasteiger partial charge in [0.1, 0.15) is 28.5 Å². The van der Waals surface area contributed by atoms with Gasteiger partial charge in [-0.05, 0) is 57.2 Å². The lowest BCUT2D eigenvalue weighted by atomic mass is 10.0. The summed E-state index contributed by atoms with van der Waals surface area (Å²) in [4.78, 5) is 11.9. The molecule has 0 bridgehead atoms. The summed E-state index contributed by atoms with van der Waals surface area (Å²) in [5.74, 6) is -1.06. The fourth-order valence-electron chi connectivity index (χ4n) is 2.84. The van der Waals surface area contributed by atoms with Gasteiger partial charge in [-0.3, -0.25) is 0 Å². The molecule has 6 heteroatoms. The summed E-state index contributed by atoms with van der Waals surface area (Å²) in [5, 5.41) is 20.1. The fourth-order valence-corrected chi connectivity index (χ4v) is 2.84. The van der Waals surface area contributed by atoms with Gasteiger partial charge in [-0.15, -0.1) is 0 Å². The van der Waals surface area contributed by atoms with Crippen LogP contribution in [0.25, 0.3) is 22.3 Å². The van der Waals surface area contributed by atoms with Crippen LogP contribution in [0.15, 0.2) is 40.8 Å². The van der Waals surface area contributed by atoms with Crippen LogP contribution in [-0.2, 0) is 0 Å². The minimum absolute atomic E-state index is 0.0302. The summed E-state index contributed by atoms with van der Waals surface area (Å²) in [6.45, 7) is 5.27. The van der Waals surface area contributed by atoms with Crippen molar-refractivity contribution in [3.8, 4) is 17.1 Å². The third-order valence-electron chi connectivity index (χ3n) is 3.95. The first-order valence-corrected chi connectivity index (χ1v) is 8.22. The number of furan rings is 1. The Hall–Kier alpha value is -2.86. The largest absolute Gasteiger partial charge is 0.491 e. The van der Waals surface area contributed by atoms with Gasteiger partial charge < -0.3 is 19.4 Å². The van der Waals surface area contributed by atoms with Gasteiger partial charge in [0.05, 0.1) is 12.2 Å². The number of ether oxygens (including phenoxy) is 1. The monoisotopic (exact) mass is 358 g/mol. The molecule has 0 aliphatic heterocycles. The number of halogens is 1. The van der Waals surface area contributed by atoms with Gasteiger partial charge in [0.25, 0.3) is 0 Å². The number of aliphatic hydroxyl groups is 1. The standard InChI is InChI=1S/C20H19FO5/c1-10(2)25-16-9-15-17(8-14(16)11(3)22)26-19(18(15)20(23)24)12-4-6-13(21)7-5-12/h4-11,22H,1-3H3,(H,23,24). The minimum atomic E-state index is -1.16. The highest BCUT2D eigenvalue weighted by atomic mass is 19.1. The second kappa shape index (κ2) is 6.80. The molecule has 1 unspecified atom stereocenters. The summed E-state index contributed by atoms with van der Waals surface area (Å²) in [6, 6.07) is 8.54. The normalized spacial score (nSPS) is 12.5. The molecule has 0 amide bonds. The van der Waals surface area contributed by atoms with E-state index in [-0.39, 0.29) is 17.4 Å². The number of rotatable bonds is 5. The van der Waals surface area contributed by atoms with Crippen molar-refractivity contribution in [2.24, 2.45) is 0 Å². The molecule has 26 heavy (non-hydrogen) atoms. The van der Waals surface area contributed by atoms with E-state index in [1.165, 1.54) is 24.3 Å². The first-order valence-electron chi connectivity index (χ1n) is 8.22. The Morgan fingerprint density at radius 3 is 2.35 bits per heavy atom. The van der Waals surface area contributed by atoms with Crippen molar-refractivity contribution >= 4 is 16.9 Å². The molecule has 2 aromatic carbocycles. The molecule has 0 radical (unpaired) electrons. The Bertz CT molecular complexity index is 954. The Kier molecular flexibility index (Phi) is 4.70. The van der Waals surface area contributed by atoms with Crippen LogP contribution in [0.5, 0.6) is 5.75 Å². The Labute approximate surface area is 149 Å². The molecule has 1 heterocycles. The number of carbonyl (C=O) groups is 1. The van der Waals surface area contributed by atoms with Crippen molar-refractivity contribution in [3.63, 3.8) is 0 Å². The van der Waals surface area contributed by atoms with Crippen LogP contribution in [0.4, 0.5) is 4.39 Å². The Balaban J connectivity index is 2.29. The zero-order valence-electron chi connectivity index (χ0n) is 14.6. The topological polar surface area (TPSA) is 79.9 Å². The molecule has 3 rings (SSSR count). The predicted octanol–water partition coefficient (Wildman–Crippen LogP) is 4.78. The average molecular weight is 358 g/mol. The van der Waals surface area contributed by atoms with Gasteiger partial charge in [0.2, 0.25) is 0 Å². The Morgan fingerprint density at radius 2 is 1.81 bits per heavy atom. The maximum atomic E-state index is 13.2. The van der Waals surface area contributed by atoms with E-state index in [2.05, 4.69) is 0 Å². The van der Waals surface area contributed by atoms with Crippen LogP contribution in [0, 0.1) is 5.82 Å². The summed E-state index contributed by atoms with van der Waals surface area (Å²) >= 11 is 0. The predicted molar refractivity (Wildman–Crippen MR) is 95.0 cm³/mol. The molecular formula is C20H19FO5. The van der Waals surface area contributed by atoms with E-state index in [0.717, 1.165) is 0 Å². The number of hydrogen-bond donors (Lipinski definition) is 2. The smallest absolute Gasteiger partial charge is 0.340 e. The highest BCUT2D eigenvalue weighted by Crippen LogP contribution is 2.39. The van der Waals surface area contributed by atoms with Crippen molar-refractivity contribution in [3.05, 3.63) is 53.3 Å². The van der Waals surface area contributed by atoms with E-state index in [1.807, 2.05) is 13.8 Å². The quantitative estimate of drug-likeness (QED) is 0.686. The van der Waals surface area contributed by atoms with Gasteiger partial charge >= 0.3 is 5.97 Å². The molecule has 0 aliphatic carbocycles. The van der Waals surface area contributed by atoms with Crippen molar-refractivity contribution in [2.75, 3.05) is 0 Å². The van der Waals surface area contributed by atoms with E-state index in [0.29, 0.717) is 27.8 Å². The maximum absolute atomic E-state index is 13.2. The van der Waals surface area contributed by atoms with Gasteiger partial charge in [-0.1, -0.05) is 0 Å². The van der Waals surface area contributed by atoms with Crippen molar-refractivity contribution in [1.82, 2.24) is 0 Å². The highest BCUT2D eigenvalue weighted by Gasteiger charge is 2.24. The van der Waals surface area contributed by atoms with Crippen molar-refractivity contribution < 1.29 is 28.6 Å². The van der Waals surface area contributed by atoms with E-state index < -0.39 is 17.9 Å². The molecule has 1 aromatic heterocycles. The average Bonchev–Trinajstić information content (AvgIpc) is 2.92. The van der Waals surface area contributed by atoms with E-state index >= 15 is 0 Å². The second-order valence-electron chi connectivity index (χ2n) is 6.35. The number of aromatic carboxylic acids is 1. The van der Waals surface area contributed by atoms with Crippen molar-refractivity contribution in [2.45, 2.75) is 33.0 Å². The van der Waals surface area contributed by atoms with Crippen LogP contribution in [0.1, 0.15) is 42.8 Å². The molecule has 5 nitrogen and oxygen atoms in total. The molecule has 0 aliphatic rings. The molecule has 0 saturated carbocycles. The van der Waals surface area contributed by atoms with Crippen LogP contribution < -0.4 is 4.74 Å². The van der Waals surface area contributed by atoms with Gasteiger partial charge in [0.15, 0.2) is 0 Å². The lowest BCUT2D eigenvalue weighted by Crippen LogP contribution is -2.08. The molecule has 3 aromatic rings. The third-order valence-corrected chi connectivity index (χ3v) is 3.95. The van der Waals surface area contributed by atoms with Gasteiger partial charge in [-0.25, -0.2) is 9.18 Å². The molecule has 2 N–H and O–H groups in total. The number of aliphatic hydroxyl groups excluding tert-OH is 1. The van der Waals surface area contributed by atoms with Crippen LogP contribution in [0.2, 0.25) is 0 Å². The maximum Gasteiger partial charge on any atom is 0.340 e. The van der Waals surface area contributed by atoms with E-state index in [4.69, 9.17) is 9.15 Å². The Morgan fingerprint density at radius 1 is 1.15 bits per heavy atom.